The van der Waals surface area contributed by atoms with Crippen molar-refractivity contribution in [2.75, 3.05) is 13.2 Å². The van der Waals surface area contributed by atoms with Gasteiger partial charge in [-0.2, -0.15) is 0 Å². The standard InChI is InChI=1S/C25H25N5O3/c1-16-5-6-19(12-28-16)24(26)22(17(2)31)15-33-23-10-18-7-9-30(14-21(18)13-29-23)25(32)20-4-3-8-27-11-20/h3-6,8,10-13H,7,9,14-15,26H2,1-2H3/b24-22-. The summed E-state index contributed by atoms with van der Waals surface area (Å²) < 4.78 is 5.83. The van der Waals surface area contributed by atoms with Crippen molar-refractivity contribution in [3.05, 3.63) is 88.6 Å². The summed E-state index contributed by atoms with van der Waals surface area (Å²) in [4.78, 5) is 39.3. The van der Waals surface area contributed by atoms with Crippen LogP contribution in [-0.2, 0) is 17.8 Å². The minimum absolute atomic E-state index is 0.00640. The third-order valence-electron chi connectivity index (χ3n) is 5.60. The lowest BCUT2D eigenvalue weighted by molar-refractivity contribution is -0.113. The molecule has 8 nitrogen and oxygen atoms in total. The minimum Gasteiger partial charge on any atom is -0.473 e. The van der Waals surface area contributed by atoms with E-state index in [1.54, 1.807) is 41.8 Å². The number of carbonyl (C=O) groups is 2. The molecule has 1 aliphatic heterocycles. The molecule has 1 aliphatic rings. The Bertz CT molecular complexity index is 1210. The van der Waals surface area contributed by atoms with E-state index < -0.39 is 0 Å². The van der Waals surface area contributed by atoms with Crippen molar-refractivity contribution in [3.63, 3.8) is 0 Å². The second-order valence-electron chi connectivity index (χ2n) is 7.94. The van der Waals surface area contributed by atoms with Crippen LogP contribution in [0, 0.1) is 6.92 Å². The van der Waals surface area contributed by atoms with Gasteiger partial charge in [-0.1, -0.05) is 0 Å². The Kier molecular flexibility index (Phi) is 6.44. The first kappa shape index (κ1) is 22.1. The Morgan fingerprint density at radius 3 is 2.64 bits per heavy atom. The van der Waals surface area contributed by atoms with E-state index in [4.69, 9.17) is 10.5 Å². The highest BCUT2D eigenvalue weighted by molar-refractivity contribution is 6.00. The zero-order chi connectivity index (χ0) is 23.4. The van der Waals surface area contributed by atoms with Crippen molar-refractivity contribution in [2.45, 2.75) is 26.8 Å². The molecule has 168 valence electrons. The van der Waals surface area contributed by atoms with E-state index in [2.05, 4.69) is 15.0 Å². The minimum atomic E-state index is -0.171. The summed E-state index contributed by atoms with van der Waals surface area (Å²) in [6.45, 7) is 4.42. The van der Waals surface area contributed by atoms with Crippen LogP contribution in [0.3, 0.4) is 0 Å². The average molecular weight is 444 g/mol. The lowest BCUT2D eigenvalue weighted by Crippen LogP contribution is -2.36. The molecule has 0 spiro atoms. The van der Waals surface area contributed by atoms with Gasteiger partial charge in [-0.25, -0.2) is 4.98 Å². The van der Waals surface area contributed by atoms with Gasteiger partial charge in [0.15, 0.2) is 5.78 Å². The molecule has 0 saturated heterocycles. The Labute approximate surface area is 192 Å². The number of fused-ring (bicyclic) bond motifs is 1. The predicted octanol–water partition coefficient (Wildman–Crippen LogP) is 2.72. The summed E-state index contributed by atoms with van der Waals surface area (Å²) in [6, 6.07) is 9.05. The number of hydrogen-bond acceptors (Lipinski definition) is 7. The van der Waals surface area contributed by atoms with E-state index in [1.807, 2.05) is 25.1 Å². The van der Waals surface area contributed by atoms with Crippen LogP contribution >= 0.6 is 0 Å². The van der Waals surface area contributed by atoms with E-state index in [-0.39, 0.29) is 18.3 Å². The van der Waals surface area contributed by atoms with Crippen molar-refractivity contribution in [2.24, 2.45) is 5.73 Å². The molecule has 0 atom stereocenters. The first-order valence-electron chi connectivity index (χ1n) is 10.6. The fourth-order valence-electron chi connectivity index (χ4n) is 3.66. The average Bonchev–Trinajstić information content (AvgIpc) is 2.84. The van der Waals surface area contributed by atoms with E-state index in [0.717, 1.165) is 16.8 Å². The summed E-state index contributed by atoms with van der Waals surface area (Å²) in [7, 11) is 0. The fourth-order valence-corrected chi connectivity index (χ4v) is 3.66. The number of hydrogen-bond donors (Lipinski definition) is 1. The molecule has 0 aliphatic carbocycles. The van der Waals surface area contributed by atoms with Crippen molar-refractivity contribution in [3.8, 4) is 5.88 Å². The number of nitrogens with zero attached hydrogens (tertiary/aromatic N) is 4. The van der Waals surface area contributed by atoms with Gasteiger partial charge in [0.2, 0.25) is 5.88 Å². The molecule has 1 amide bonds. The van der Waals surface area contributed by atoms with Gasteiger partial charge in [-0.15, -0.1) is 0 Å². The number of carbonyl (C=O) groups excluding carboxylic acids is 2. The molecule has 4 rings (SSSR count). The van der Waals surface area contributed by atoms with E-state index in [1.165, 1.54) is 6.92 Å². The summed E-state index contributed by atoms with van der Waals surface area (Å²) in [5.74, 6) is 0.191. The zero-order valence-corrected chi connectivity index (χ0v) is 18.6. The zero-order valence-electron chi connectivity index (χ0n) is 18.6. The maximum atomic E-state index is 12.7. The van der Waals surface area contributed by atoms with Crippen LogP contribution in [0.15, 0.2) is 60.7 Å². The topological polar surface area (TPSA) is 111 Å². The molecule has 0 fully saturated rings. The number of amides is 1. The van der Waals surface area contributed by atoms with Crippen molar-refractivity contribution in [1.29, 1.82) is 0 Å². The van der Waals surface area contributed by atoms with Crippen LogP contribution in [0.4, 0.5) is 0 Å². The molecule has 0 radical (unpaired) electrons. The Morgan fingerprint density at radius 1 is 1.09 bits per heavy atom. The van der Waals surface area contributed by atoms with E-state index >= 15 is 0 Å². The highest BCUT2D eigenvalue weighted by Gasteiger charge is 2.23. The van der Waals surface area contributed by atoms with E-state index in [0.29, 0.717) is 47.8 Å². The smallest absolute Gasteiger partial charge is 0.255 e. The maximum absolute atomic E-state index is 12.7. The first-order valence-corrected chi connectivity index (χ1v) is 10.6. The van der Waals surface area contributed by atoms with Crippen LogP contribution in [0.25, 0.3) is 5.70 Å². The largest absolute Gasteiger partial charge is 0.473 e. The molecule has 0 unspecified atom stereocenters. The molecule has 33 heavy (non-hydrogen) atoms. The SMILES string of the molecule is CC(=O)/C(COc1cc2c(cn1)CN(C(=O)c1cccnc1)CC2)=C(\N)c1ccc(C)nc1. The van der Waals surface area contributed by atoms with Crippen molar-refractivity contribution in [1.82, 2.24) is 19.9 Å². The molecule has 3 aromatic rings. The quantitative estimate of drug-likeness (QED) is 0.583. The Balaban J connectivity index is 1.46. The van der Waals surface area contributed by atoms with Crippen LogP contribution in [0.5, 0.6) is 5.88 Å². The van der Waals surface area contributed by atoms with Gasteiger partial charge in [-0.05, 0) is 55.7 Å². The van der Waals surface area contributed by atoms with Gasteiger partial charge in [0, 0.05) is 55.2 Å². The number of rotatable bonds is 6. The molecule has 2 N–H and O–H groups in total. The summed E-state index contributed by atoms with van der Waals surface area (Å²) in [5, 5.41) is 0. The Hall–Kier alpha value is -4.07. The summed E-state index contributed by atoms with van der Waals surface area (Å²) in [6.07, 6.45) is 7.27. The second kappa shape index (κ2) is 9.60. The monoisotopic (exact) mass is 443 g/mol. The van der Waals surface area contributed by atoms with Gasteiger partial charge in [-0.3, -0.25) is 19.6 Å². The van der Waals surface area contributed by atoms with Gasteiger partial charge in [0.1, 0.15) is 6.61 Å². The Morgan fingerprint density at radius 2 is 1.94 bits per heavy atom. The normalized spacial score (nSPS) is 13.7. The number of ketones is 1. The molecule has 4 heterocycles. The molecular weight excluding hydrogens is 418 g/mol. The molecule has 8 heteroatoms. The van der Waals surface area contributed by atoms with Crippen molar-refractivity contribution < 1.29 is 14.3 Å². The van der Waals surface area contributed by atoms with Gasteiger partial charge >= 0.3 is 0 Å². The number of ether oxygens (including phenoxy) is 1. The first-order chi connectivity index (χ1) is 15.9. The molecule has 0 bridgehead atoms. The maximum Gasteiger partial charge on any atom is 0.255 e. The predicted molar refractivity (Wildman–Crippen MR) is 123 cm³/mol. The van der Waals surface area contributed by atoms with Gasteiger partial charge in [0.25, 0.3) is 5.91 Å². The fraction of sp³-hybridized carbons (Fsp3) is 0.240. The highest BCUT2D eigenvalue weighted by atomic mass is 16.5. The van der Waals surface area contributed by atoms with Crippen LogP contribution in [0.1, 0.15) is 39.7 Å². The second-order valence-corrected chi connectivity index (χ2v) is 7.94. The molecule has 0 aromatic carbocycles. The molecule has 0 saturated carbocycles. The number of nitrogens with two attached hydrogens (primary N) is 1. The number of Topliss-reactive ketones (excluding diaryl/α,β-unsaturated/α-hetero) is 1. The number of aromatic nitrogens is 3. The highest BCUT2D eigenvalue weighted by Crippen LogP contribution is 2.24. The number of aryl methyl sites for hydroxylation is 1. The van der Waals surface area contributed by atoms with Gasteiger partial charge in [0.05, 0.1) is 16.8 Å². The summed E-state index contributed by atoms with van der Waals surface area (Å²) >= 11 is 0. The lowest BCUT2D eigenvalue weighted by atomic mass is 10.0. The van der Waals surface area contributed by atoms with Crippen molar-refractivity contribution >= 4 is 17.4 Å². The molecule has 3 aromatic heterocycles. The summed E-state index contributed by atoms with van der Waals surface area (Å²) in [5.41, 5.74) is 11.1. The third kappa shape index (κ3) is 5.06. The van der Waals surface area contributed by atoms with E-state index in [9.17, 15) is 9.59 Å². The van der Waals surface area contributed by atoms with Crippen LogP contribution in [-0.4, -0.2) is 44.7 Å². The van der Waals surface area contributed by atoms with Crippen LogP contribution < -0.4 is 10.5 Å². The van der Waals surface area contributed by atoms with Gasteiger partial charge < -0.3 is 15.4 Å². The molecular formula is C25H25N5O3. The van der Waals surface area contributed by atoms with Crippen LogP contribution in [0.2, 0.25) is 0 Å². The number of pyridine rings is 3. The lowest BCUT2D eigenvalue weighted by Gasteiger charge is -2.28. The third-order valence-corrected chi connectivity index (χ3v) is 5.60.